The molecular weight excluding hydrogens is 280 g/mol. The second-order valence-electron chi connectivity index (χ2n) is 5.19. The van der Waals surface area contributed by atoms with Crippen molar-refractivity contribution < 1.29 is 4.79 Å². The largest absolute Gasteiger partial charge is 0.321 e. The molecule has 1 N–H and O–H groups in total. The molecule has 0 saturated heterocycles. The first-order valence-electron chi connectivity index (χ1n) is 6.71. The van der Waals surface area contributed by atoms with Crippen LogP contribution in [0.1, 0.15) is 27.0 Å². The molecule has 0 saturated carbocycles. The van der Waals surface area contributed by atoms with Crippen LogP contribution in [0.2, 0.25) is 0 Å². The Labute approximate surface area is 127 Å². The number of nitrogens with zero attached hydrogens (tertiary/aromatic N) is 1. The number of aryl methyl sites for hydroxylation is 3. The number of aromatic nitrogens is 1. The molecule has 0 spiro atoms. The van der Waals surface area contributed by atoms with Crippen LogP contribution in [-0.2, 0) is 0 Å². The summed E-state index contributed by atoms with van der Waals surface area (Å²) >= 11 is 1.42. The fourth-order valence-corrected chi connectivity index (χ4v) is 3.21. The summed E-state index contributed by atoms with van der Waals surface area (Å²) in [6.45, 7) is 6.07. The molecule has 1 amide bonds. The zero-order chi connectivity index (χ0) is 15.0. The van der Waals surface area contributed by atoms with Gasteiger partial charge in [-0.1, -0.05) is 23.8 Å². The van der Waals surface area contributed by atoms with Gasteiger partial charge >= 0.3 is 0 Å². The van der Waals surface area contributed by atoms with Crippen molar-refractivity contribution in [2.75, 3.05) is 5.32 Å². The molecule has 3 rings (SSSR count). The van der Waals surface area contributed by atoms with Gasteiger partial charge in [0, 0.05) is 5.69 Å². The fraction of sp³-hybridized carbons (Fsp3) is 0.176. The number of para-hydroxylation sites is 1. The van der Waals surface area contributed by atoms with Crippen LogP contribution >= 0.6 is 11.3 Å². The lowest BCUT2D eigenvalue weighted by Gasteiger charge is -2.13. The predicted octanol–water partition coefficient (Wildman–Crippen LogP) is 4.27. The second-order valence-corrected chi connectivity index (χ2v) is 6.01. The van der Waals surface area contributed by atoms with Crippen molar-refractivity contribution in [3.8, 4) is 0 Å². The number of fused-ring (bicyclic) bond motifs is 1. The Morgan fingerprint density at radius 2 is 1.90 bits per heavy atom. The van der Waals surface area contributed by atoms with E-state index >= 15 is 0 Å². The summed E-state index contributed by atoms with van der Waals surface area (Å²) in [6, 6.07) is 9.75. The lowest BCUT2D eigenvalue weighted by Crippen LogP contribution is -2.14. The van der Waals surface area contributed by atoms with Gasteiger partial charge in [0.05, 0.1) is 15.8 Å². The molecule has 0 bridgehead atoms. The maximum Gasteiger partial charge on any atom is 0.257 e. The summed E-state index contributed by atoms with van der Waals surface area (Å²) in [7, 11) is 0. The van der Waals surface area contributed by atoms with Gasteiger partial charge in [-0.15, -0.1) is 11.3 Å². The number of thiazole rings is 1. The number of benzene rings is 2. The molecule has 1 radical (unpaired) electrons. The summed E-state index contributed by atoms with van der Waals surface area (Å²) in [5, 5.41) is 3.02. The van der Waals surface area contributed by atoms with Crippen LogP contribution in [0.3, 0.4) is 0 Å². The quantitative estimate of drug-likeness (QED) is 0.767. The van der Waals surface area contributed by atoms with Crippen molar-refractivity contribution in [3.63, 3.8) is 0 Å². The van der Waals surface area contributed by atoms with Crippen molar-refractivity contribution in [1.82, 2.24) is 4.98 Å². The monoisotopic (exact) mass is 295 g/mol. The van der Waals surface area contributed by atoms with Gasteiger partial charge in [0.1, 0.15) is 0 Å². The molecule has 0 aliphatic rings. The lowest BCUT2D eigenvalue weighted by molar-refractivity contribution is 0.102. The molecule has 0 atom stereocenters. The van der Waals surface area contributed by atoms with E-state index in [-0.39, 0.29) is 5.91 Å². The number of carbonyl (C=O) groups is 1. The highest BCUT2D eigenvalue weighted by Crippen LogP contribution is 2.25. The Hall–Kier alpha value is -2.20. The van der Waals surface area contributed by atoms with Gasteiger partial charge in [-0.2, -0.15) is 0 Å². The van der Waals surface area contributed by atoms with E-state index in [1.165, 1.54) is 16.9 Å². The first-order valence-corrected chi connectivity index (χ1v) is 7.52. The highest BCUT2D eigenvalue weighted by atomic mass is 32.1. The van der Waals surface area contributed by atoms with E-state index in [2.05, 4.69) is 34.9 Å². The zero-order valence-corrected chi connectivity index (χ0v) is 13.0. The number of nitrogens with one attached hydrogen (secondary N) is 1. The van der Waals surface area contributed by atoms with Crippen LogP contribution in [0.4, 0.5) is 5.69 Å². The molecule has 2 aromatic carbocycles. The SMILES string of the molecule is Cc1cc(C)c(NC(=O)c2cccc3s[c]nc23)c(C)c1. The van der Waals surface area contributed by atoms with Crippen molar-refractivity contribution in [1.29, 1.82) is 0 Å². The molecule has 4 heteroatoms. The zero-order valence-electron chi connectivity index (χ0n) is 12.2. The topological polar surface area (TPSA) is 42.0 Å². The van der Waals surface area contributed by atoms with E-state index < -0.39 is 0 Å². The lowest BCUT2D eigenvalue weighted by atomic mass is 10.0. The van der Waals surface area contributed by atoms with Gasteiger partial charge in [-0.3, -0.25) is 4.79 Å². The number of hydrogen-bond acceptors (Lipinski definition) is 3. The van der Waals surface area contributed by atoms with E-state index in [1.807, 2.05) is 26.0 Å². The highest BCUT2D eigenvalue weighted by molar-refractivity contribution is 7.16. The van der Waals surface area contributed by atoms with E-state index in [0.29, 0.717) is 11.1 Å². The van der Waals surface area contributed by atoms with Crippen molar-refractivity contribution in [3.05, 3.63) is 58.1 Å². The normalized spacial score (nSPS) is 10.8. The molecule has 0 aliphatic heterocycles. The number of anilines is 1. The van der Waals surface area contributed by atoms with Gasteiger partial charge < -0.3 is 5.32 Å². The summed E-state index contributed by atoms with van der Waals surface area (Å²) in [5.41, 5.74) is 8.34. The summed E-state index contributed by atoms with van der Waals surface area (Å²) < 4.78 is 0.972. The van der Waals surface area contributed by atoms with Gasteiger partial charge in [0.2, 0.25) is 0 Å². The van der Waals surface area contributed by atoms with Gasteiger partial charge in [0.25, 0.3) is 5.91 Å². The Morgan fingerprint density at radius 3 is 2.62 bits per heavy atom. The Balaban J connectivity index is 1.99. The van der Waals surface area contributed by atoms with Crippen LogP contribution in [0.5, 0.6) is 0 Å². The Bertz CT molecular complexity index is 813. The van der Waals surface area contributed by atoms with Crippen LogP contribution in [0.15, 0.2) is 30.3 Å². The van der Waals surface area contributed by atoms with E-state index in [0.717, 1.165) is 21.5 Å². The number of hydrogen-bond donors (Lipinski definition) is 1. The van der Waals surface area contributed by atoms with Gasteiger partial charge in [0.15, 0.2) is 5.51 Å². The molecule has 1 aromatic heterocycles. The molecule has 3 aromatic rings. The second kappa shape index (κ2) is 5.30. The molecule has 21 heavy (non-hydrogen) atoms. The molecule has 0 unspecified atom stereocenters. The average molecular weight is 295 g/mol. The molecule has 3 nitrogen and oxygen atoms in total. The third-order valence-electron chi connectivity index (χ3n) is 3.47. The summed E-state index contributed by atoms with van der Waals surface area (Å²) in [5.74, 6) is -0.130. The minimum absolute atomic E-state index is 0.130. The number of carbonyl (C=O) groups excluding carboxylic acids is 1. The standard InChI is InChI=1S/C17H15N2OS/c1-10-7-11(2)15(12(3)8-10)19-17(20)13-5-4-6-14-16(13)18-9-21-14/h4-8H,1-3H3,(H,19,20). The number of amides is 1. The molecule has 1 heterocycles. The minimum Gasteiger partial charge on any atom is -0.321 e. The Morgan fingerprint density at radius 1 is 1.19 bits per heavy atom. The van der Waals surface area contributed by atoms with E-state index in [1.54, 1.807) is 6.07 Å². The molecule has 0 aliphatic carbocycles. The molecule has 105 valence electrons. The van der Waals surface area contributed by atoms with Gasteiger partial charge in [-0.25, -0.2) is 4.98 Å². The van der Waals surface area contributed by atoms with Gasteiger partial charge in [-0.05, 0) is 44.0 Å². The van der Waals surface area contributed by atoms with Crippen LogP contribution < -0.4 is 5.32 Å². The summed E-state index contributed by atoms with van der Waals surface area (Å²) in [4.78, 5) is 16.7. The first-order chi connectivity index (χ1) is 10.1. The van der Waals surface area contributed by atoms with Crippen LogP contribution in [0.25, 0.3) is 10.2 Å². The first kappa shape index (κ1) is 13.8. The molecular formula is C17H15N2OS. The smallest absolute Gasteiger partial charge is 0.257 e. The van der Waals surface area contributed by atoms with Crippen LogP contribution in [0, 0.1) is 26.3 Å². The maximum atomic E-state index is 12.6. The Kier molecular flexibility index (Phi) is 3.47. The summed E-state index contributed by atoms with van der Waals surface area (Å²) in [6.07, 6.45) is 0. The van der Waals surface area contributed by atoms with E-state index in [4.69, 9.17) is 0 Å². The van der Waals surface area contributed by atoms with Crippen molar-refractivity contribution in [2.24, 2.45) is 0 Å². The molecule has 0 fully saturated rings. The minimum atomic E-state index is -0.130. The third kappa shape index (κ3) is 2.54. The van der Waals surface area contributed by atoms with Crippen LogP contribution in [-0.4, -0.2) is 10.9 Å². The fourth-order valence-electron chi connectivity index (χ4n) is 2.58. The number of rotatable bonds is 2. The third-order valence-corrected chi connectivity index (χ3v) is 4.20. The van der Waals surface area contributed by atoms with E-state index in [9.17, 15) is 4.79 Å². The van der Waals surface area contributed by atoms with Crippen molar-refractivity contribution in [2.45, 2.75) is 20.8 Å². The average Bonchev–Trinajstić information content (AvgIpc) is 2.90. The highest BCUT2D eigenvalue weighted by Gasteiger charge is 2.14. The predicted molar refractivity (Wildman–Crippen MR) is 87.1 cm³/mol. The van der Waals surface area contributed by atoms with Crippen molar-refractivity contribution >= 4 is 33.1 Å². The maximum absolute atomic E-state index is 12.6.